The van der Waals surface area contributed by atoms with Crippen molar-refractivity contribution in [3.63, 3.8) is 0 Å². The average molecular weight is 344 g/mol. The van der Waals surface area contributed by atoms with E-state index in [2.05, 4.69) is 39.3 Å². The third-order valence-corrected chi connectivity index (χ3v) is 4.96. The smallest absolute Gasteiger partial charge is 0.269 e. The molecular weight excluding hydrogens is 322 g/mol. The maximum Gasteiger partial charge on any atom is 0.269 e. The lowest BCUT2D eigenvalue weighted by Gasteiger charge is -2.30. The highest BCUT2D eigenvalue weighted by Gasteiger charge is 2.26. The van der Waals surface area contributed by atoms with Gasteiger partial charge in [0.1, 0.15) is 4.88 Å². The van der Waals surface area contributed by atoms with Crippen LogP contribution in [0.5, 0.6) is 0 Å². The second-order valence-corrected chi connectivity index (χ2v) is 6.51. The average Bonchev–Trinajstić information content (AvgIpc) is 3.06. The van der Waals surface area contributed by atoms with E-state index in [4.69, 9.17) is 4.52 Å². The molecule has 3 rings (SSSR count). The molecule has 1 aliphatic rings. The van der Waals surface area contributed by atoms with Gasteiger partial charge in [0.05, 0.1) is 16.7 Å². The van der Waals surface area contributed by atoms with Gasteiger partial charge in [-0.2, -0.15) is 4.98 Å². The number of nitrogens with zero attached hydrogens (tertiary/aromatic N) is 4. The summed E-state index contributed by atoms with van der Waals surface area (Å²) < 4.78 is 5.48. The highest BCUT2D eigenvalue weighted by atomic mass is 35.5. The molecule has 0 aromatic carbocycles. The Bertz CT molecular complexity index is 614. The number of rotatable bonds is 4. The summed E-state index contributed by atoms with van der Waals surface area (Å²) in [4.78, 5) is 12.4. The summed E-state index contributed by atoms with van der Waals surface area (Å²) in [5, 5.41) is 8.69. The second-order valence-electron chi connectivity index (χ2n) is 5.43. The van der Waals surface area contributed by atoms with Gasteiger partial charge >= 0.3 is 0 Å². The molecule has 1 saturated heterocycles. The van der Waals surface area contributed by atoms with Gasteiger partial charge in [-0.15, -0.1) is 23.7 Å². The molecule has 0 bridgehead atoms. The van der Waals surface area contributed by atoms with Crippen LogP contribution in [0.25, 0.3) is 10.8 Å². The van der Waals surface area contributed by atoms with Crippen molar-refractivity contribution in [1.82, 2.24) is 25.3 Å². The van der Waals surface area contributed by atoms with Crippen molar-refractivity contribution < 1.29 is 4.52 Å². The Morgan fingerprint density at radius 1 is 1.41 bits per heavy atom. The Labute approximate surface area is 140 Å². The van der Waals surface area contributed by atoms with Crippen LogP contribution in [-0.2, 0) is 6.42 Å². The molecule has 0 spiro atoms. The van der Waals surface area contributed by atoms with Gasteiger partial charge in [0.2, 0.25) is 0 Å². The van der Waals surface area contributed by atoms with Crippen molar-refractivity contribution in [2.75, 3.05) is 26.7 Å². The van der Waals surface area contributed by atoms with E-state index in [0.717, 1.165) is 53.9 Å². The number of hydrogen-bond donors (Lipinski definition) is 1. The Kier molecular flexibility index (Phi) is 5.91. The first kappa shape index (κ1) is 17.3. The Balaban J connectivity index is 0.00000176. The number of nitrogens with one attached hydrogen (secondary N) is 1. The Morgan fingerprint density at radius 3 is 2.95 bits per heavy atom. The van der Waals surface area contributed by atoms with Crippen LogP contribution in [-0.4, -0.2) is 46.7 Å². The van der Waals surface area contributed by atoms with Crippen molar-refractivity contribution in [3.05, 3.63) is 16.5 Å². The van der Waals surface area contributed by atoms with Crippen LogP contribution in [0.15, 0.2) is 4.52 Å². The minimum absolute atomic E-state index is 0. The molecule has 0 radical (unpaired) electrons. The minimum atomic E-state index is 0. The molecule has 3 heterocycles. The van der Waals surface area contributed by atoms with E-state index in [0.29, 0.717) is 5.89 Å². The molecule has 1 atom stereocenters. The fraction of sp³-hybridized carbons (Fsp3) is 0.643. The quantitative estimate of drug-likeness (QED) is 0.919. The maximum absolute atomic E-state index is 5.48. The van der Waals surface area contributed by atoms with Gasteiger partial charge in [0.25, 0.3) is 5.89 Å². The second kappa shape index (κ2) is 7.50. The first-order valence-corrected chi connectivity index (χ1v) is 8.22. The molecule has 8 heteroatoms. The lowest BCUT2D eigenvalue weighted by atomic mass is 10.2. The predicted octanol–water partition coefficient (Wildman–Crippen LogP) is 2.45. The standard InChI is InChI=1S/C14H21N5OS.ClH/c1-4-5-11-16-9(2)12(21-11)14-17-13(18-20-14)10-8-15-6-7-19(10)3;/h10,15H,4-8H2,1-3H3;1H. The molecule has 22 heavy (non-hydrogen) atoms. The number of likely N-dealkylation sites (N-methyl/N-ethyl adjacent to an activating group) is 1. The summed E-state index contributed by atoms with van der Waals surface area (Å²) in [5.74, 6) is 1.35. The molecule has 0 aliphatic carbocycles. The Morgan fingerprint density at radius 2 is 2.23 bits per heavy atom. The minimum Gasteiger partial charge on any atom is -0.333 e. The topological polar surface area (TPSA) is 67.1 Å². The van der Waals surface area contributed by atoms with Crippen LogP contribution >= 0.6 is 23.7 Å². The summed E-state index contributed by atoms with van der Waals surface area (Å²) >= 11 is 1.66. The van der Waals surface area contributed by atoms with E-state index in [-0.39, 0.29) is 18.4 Å². The molecule has 1 aliphatic heterocycles. The van der Waals surface area contributed by atoms with Crippen molar-refractivity contribution in [3.8, 4) is 10.8 Å². The largest absolute Gasteiger partial charge is 0.333 e. The monoisotopic (exact) mass is 343 g/mol. The first-order valence-electron chi connectivity index (χ1n) is 7.40. The van der Waals surface area contributed by atoms with E-state index >= 15 is 0 Å². The summed E-state index contributed by atoms with van der Waals surface area (Å²) in [5.41, 5.74) is 0.980. The fourth-order valence-corrected chi connectivity index (χ4v) is 3.62. The summed E-state index contributed by atoms with van der Waals surface area (Å²) in [6.45, 7) is 7.02. The first-order chi connectivity index (χ1) is 10.2. The van der Waals surface area contributed by atoms with Gasteiger partial charge < -0.3 is 9.84 Å². The van der Waals surface area contributed by atoms with Crippen LogP contribution in [0, 0.1) is 6.92 Å². The predicted molar refractivity (Wildman–Crippen MR) is 89.6 cm³/mol. The molecule has 0 amide bonds. The van der Waals surface area contributed by atoms with Gasteiger partial charge in [0, 0.05) is 19.6 Å². The zero-order chi connectivity index (χ0) is 14.8. The van der Waals surface area contributed by atoms with Crippen LogP contribution in [0.4, 0.5) is 0 Å². The third kappa shape index (κ3) is 3.48. The number of hydrogen-bond acceptors (Lipinski definition) is 7. The van der Waals surface area contributed by atoms with E-state index < -0.39 is 0 Å². The number of piperazine rings is 1. The zero-order valence-corrected chi connectivity index (χ0v) is 14.8. The molecule has 6 nitrogen and oxygen atoms in total. The van der Waals surface area contributed by atoms with E-state index in [1.807, 2.05) is 6.92 Å². The molecule has 1 fully saturated rings. The van der Waals surface area contributed by atoms with Crippen molar-refractivity contribution >= 4 is 23.7 Å². The molecule has 2 aromatic heterocycles. The molecule has 2 aromatic rings. The molecular formula is C14H22ClN5OS. The molecule has 0 saturated carbocycles. The fourth-order valence-electron chi connectivity index (χ4n) is 2.53. The normalized spacial score (nSPS) is 19.1. The molecule has 122 valence electrons. The SMILES string of the molecule is CCCc1nc(C)c(-c2nc(C3CNCCN3C)no2)s1.Cl. The van der Waals surface area contributed by atoms with Crippen LogP contribution in [0.2, 0.25) is 0 Å². The van der Waals surface area contributed by atoms with Gasteiger partial charge in [-0.25, -0.2) is 4.98 Å². The van der Waals surface area contributed by atoms with Gasteiger partial charge in [-0.1, -0.05) is 12.1 Å². The van der Waals surface area contributed by atoms with E-state index in [1.165, 1.54) is 0 Å². The maximum atomic E-state index is 5.48. The highest BCUT2D eigenvalue weighted by molar-refractivity contribution is 7.15. The number of aryl methyl sites for hydroxylation is 2. The third-order valence-electron chi connectivity index (χ3n) is 3.75. The highest BCUT2D eigenvalue weighted by Crippen LogP contribution is 2.30. The zero-order valence-electron chi connectivity index (χ0n) is 13.1. The Hall–Kier alpha value is -1.02. The molecule has 1 N–H and O–H groups in total. The molecule has 1 unspecified atom stereocenters. The number of thiazole rings is 1. The van der Waals surface area contributed by atoms with Gasteiger partial charge in [-0.05, 0) is 26.8 Å². The van der Waals surface area contributed by atoms with Gasteiger partial charge in [-0.3, -0.25) is 4.90 Å². The van der Waals surface area contributed by atoms with Crippen LogP contribution in [0.3, 0.4) is 0 Å². The van der Waals surface area contributed by atoms with E-state index in [9.17, 15) is 0 Å². The van der Waals surface area contributed by atoms with Crippen LogP contribution in [0.1, 0.15) is 35.9 Å². The number of aromatic nitrogens is 3. The van der Waals surface area contributed by atoms with Crippen LogP contribution < -0.4 is 5.32 Å². The van der Waals surface area contributed by atoms with Crippen molar-refractivity contribution in [1.29, 1.82) is 0 Å². The summed E-state index contributed by atoms with van der Waals surface area (Å²) in [6.07, 6.45) is 2.10. The number of halogens is 1. The van der Waals surface area contributed by atoms with E-state index in [1.54, 1.807) is 11.3 Å². The lowest BCUT2D eigenvalue weighted by molar-refractivity contribution is 0.190. The van der Waals surface area contributed by atoms with Crippen molar-refractivity contribution in [2.45, 2.75) is 32.7 Å². The summed E-state index contributed by atoms with van der Waals surface area (Å²) in [6, 6.07) is 0.180. The van der Waals surface area contributed by atoms with Gasteiger partial charge in [0.15, 0.2) is 5.82 Å². The van der Waals surface area contributed by atoms with Crippen molar-refractivity contribution in [2.24, 2.45) is 0 Å². The lowest BCUT2D eigenvalue weighted by Crippen LogP contribution is -2.44. The summed E-state index contributed by atoms with van der Waals surface area (Å²) in [7, 11) is 2.10.